The second-order valence-electron chi connectivity index (χ2n) is 9.17. The van der Waals surface area contributed by atoms with E-state index in [9.17, 15) is 4.79 Å². The molecule has 1 aliphatic heterocycles. The molecule has 0 spiro atoms. The van der Waals surface area contributed by atoms with Gasteiger partial charge in [-0.05, 0) is 61.1 Å². The van der Waals surface area contributed by atoms with Gasteiger partial charge in [0.15, 0.2) is 0 Å². The van der Waals surface area contributed by atoms with Gasteiger partial charge in [0.25, 0.3) is 0 Å². The van der Waals surface area contributed by atoms with Crippen molar-refractivity contribution in [3.63, 3.8) is 0 Å². The molecule has 1 saturated heterocycles. The quantitative estimate of drug-likeness (QED) is 0.402. The number of amides is 1. The largest absolute Gasteiger partial charge is 0.342 e. The zero-order valence-electron chi connectivity index (χ0n) is 20.0. The number of hydrogen-bond donors (Lipinski definition) is 1. The van der Waals surface area contributed by atoms with E-state index in [1.54, 1.807) is 0 Å². The first-order chi connectivity index (χ1) is 16.6. The predicted molar refractivity (Wildman–Crippen MR) is 139 cm³/mol. The molecule has 0 unspecified atom stereocenters. The van der Waals surface area contributed by atoms with E-state index in [0.29, 0.717) is 0 Å². The smallest absolute Gasteiger partial charge is 0.227 e. The fourth-order valence-electron chi connectivity index (χ4n) is 4.94. The molecule has 2 heterocycles. The molecule has 174 valence electrons. The van der Waals surface area contributed by atoms with Crippen molar-refractivity contribution < 1.29 is 4.79 Å². The van der Waals surface area contributed by atoms with E-state index in [4.69, 9.17) is 4.98 Å². The van der Waals surface area contributed by atoms with Crippen LogP contribution in [-0.2, 0) is 17.8 Å². The molecule has 0 radical (unpaired) electrons. The maximum Gasteiger partial charge on any atom is 0.227 e. The van der Waals surface area contributed by atoms with Crippen LogP contribution in [-0.4, -0.2) is 28.5 Å². The number of hydrogen-bond acceptors (Lipinski definition) is 3. The summed E-state index contributed by atoms with van der Waals surface area (Å²) in [5.41, 5.74) is 6.87. The van der Waals surface area contributed by atoms with Gasteiger partial charge in [0, 0.05) is 24.7 Å². The predicted octanol–water partition coefficient (Wildman–Crippen LogP) is 5.81. The van der Waals surface area contributed by atoms with Crippen LogP contribution in [0.4, 0.5) is 11.6 Å². The normalized spacial score (nSPS) is 14.5. The molecule has 0 bridgehead atoms. The molecule has 1 fully saturated rings. The number of fused-ring (bicyclic) bond motifs is 1. The number of para-hydroxylation sites is 3. The molecule has 1 amide bonds. The number of carbonyl (C=O) groups is 1. The average molecular weight is 453 g/mol. The summed E-state index contributed by atoms with van der Waals surface area (Å²) >= 11 is 0. The van der Waals surface area contributed by atoms with Crippen LogP contribution in [0.15, 0.2) is 72.8 Å². The Morgan fingerprint density at radius 3 is 2.38 bits per heavy atom. The van der Waals surface area contributed by atoms with Crippen molar-refractivity contribution in [3.05, 3.63) is 89.5 Å². The van der Waals surface area contributed by atoms with E-state index >= 15 is 0 Å². The Bertz CT molecular complexity index is 1300. The Hall–Kier alpha value is -3.60. The second kappa shape index (κ2) is 9.72. The first kappa shape index (κ1) is 22.2. The highest BCUT2D eigenvalue weighted by atomic mass is 16.1. The minimum absolute atomic E-state index is 0.0235. The number of piperidine rings is 1. The number of rotatable bonds is 6. The van der Waals surface area contributed by atoms with Crippen LogP contribution in [0, 0.1) is 12.8 Å². The van der Waals surface area contributed by atoms with Crippen LogP contribution in [0.25, 0.3) is 11.0 Å². The van der Waals surface area contributed by atoms with Crippen LogP contribution >= 0.6 is 0 Å². The summed E-state index contributed by atoms with van der Waals surface area (Å²) in [5.74, 6) is 1.16. The van der Waals surface area contributed by atoms with Gasteiger partial charge in [-0.15, -0.1) is 0 Å². The minimum Gasteiger partial charge on any atom is -0.342 e. The lowest BCUT2D eigenvalue weighted by Gasteiger charge is -2.32. The van der Waals surface area contributed by atoms with Crippen molar-refractivity contribution in [2.75, 3.05) is 23.3 Å². The third kappa shape index (κ3) is 4.43. The lowest BCUT2D eigenvalue weighted by molar-refractivity contribution is -0.120. The summed E-state index contributed by atoms with van der Waals surface area (Å²) in [5, 5.41) is 3.18. The van der Waals surface area contributed by atoms with Gasteiger partial charge >= 0.3 is 0 Å². The zero-order chi connectivity index (χ0) is 23.5. The Morgan fingerprint density at radius 1 is 0.941 bits per heavy atom. The summed E-state index contributed by atoms with van der Waals surface area (Å²) in [6.07, 6.45) is 2.56. The maximum atomic E-state index is 13.0. The van der Waals surface area contributed by atoms with Gasteiger partial charge in [-0.2, -0.15) is 0 Å². The number of benzene rings is 3. The van der Waals surface area contributed by atoms with E-state index in [-0.39, 0.29) is 11.8 Å². The number of aryl methyl sites for hydroxylation is 2. The van der Waals surface area contributed by atoms with Gasteiger partial charge in [0.2, 0.25) is 11.9 Å². The Labute approximate surface area is 201 Å². The standard InChI is InChI=1S/C29H32N4O/c1-3-22-11-6-7-13-25(22)30-28(34)23-16-18-32(19-17-23)29-31-26-14-8-9-15-27(26)33(29)20-24-12-5-4-10-21(24)2/h4-15,23H,3,16-20H2,1-2H3,(H,30,34). The molecule has 34 heavy (non-hydrogen) atoms. The molecule has 1 aromatic heterocycles. The van der Waals surface area contributed by atoms with Crippen molar-refractivity contribution in [1.82, 2.24) is 9.55 Å². The molecule has 0 saturated carbocycles. The Kier molecular flexibility index (Phi) is 6.35. The lowest BCUT2D eigenvalue weighted by Crippen LogP contribution is -2.39. The van der Waals surface area contributed by atoms with Crippen molar-refractivity contribution in [2.45, 2.75) is 39.7 Å². The highest BCUT2D eigenvalue weighted by Gasteiger charge is 2.28. The van der Waals surface area contributed by atoms with Crippen molar-refractivity contribution in [3.8, 4) is 0 Å². The molecule has 3 aromatic carbocycles. The van der Waals surface area contributed by atoms with Gasteiger partial charge in [-0.25, -0.2) is 4.98 Å². The summed E-state index contributed by atoms with van der Waals surface area (Å²) in [6, 6.07) is 25.0. The van der Waals surface area contributed by atoms with E-state index in [0.717, 1.165) is 61.6 Å². The summed E-state index contributed by atoms with van der Waals surface area (Å²) < 4.78 is 2.33. The highest BCUT2D eigenvalue weighted by molar-refractivity contribution is 5.93. The first-order valence-corrected chi connectivity index (χ1v) is 12.3. The van der Waals surface area contributed by atoms with Crippen LogP contribution in [0.5, 0.6) is 0 Å². The molecule has 5 rings (SSSR count). The summed E-state index contributed by atoms with van der Waals surface area (Å²) in [4.78, 5) is 20.4. The second-order valence-corrected chi connectivity index (χ2v) is 9.17. The van der Waals surface area contributed by atoms with Gasteiger partial charge in [0.05, 0.1) is 17.6 Å². The van der Waals surface area contributed by atoms with Crippen LogP contribution in [0.2, 0.25) is 0 Å². The van der Waals surface area contributed by atoms with Crippen LogP contribution in [0.3, 0.4) is 0 Å². The van der Waals surface area contributed by atoms with Gasteiger partial charge in [-0.3, -0.25) is 4.79 Å². The molecule has 0 aliphatic carbocycles. The number of carbonyl (C=O) groups excluding carboxylic acids is 1. The van der Waals surface area contributed by atoms with E-state index in [1.807, 2.05) is 24.3 Å². The topological polar surface area (TPSA) is 50.2 Å². The number of aromatic nitrogens is 2. The molecule has 1 aliphatic rings. The fourth-order valence-corrected chi connectivity index (χ4v) is 4.94. The third-order valence-corrected chi connectivity index (χ3v) is 7.03. The summed E-state index contributed by atoms with van der Waals surface area (Å²) in [6.45, 7) is 6.72. The number of anilines is 2. The third-order valence-electron chi connectivity index (χ3n) is 7.03. The van der Waals surface area contributed by atoms with E-state index in [1.165, 1.54) is 16.7 Å². The molecule has 0 atom stereocenters. The lowest BCUT2D eigenvalue weighted by atomic mass is 9.95. The fraction of sp³-hybridized carbons (Fsp3) is 0.310. The van der Waals surface area contributed by atoms with Crippen molar-refractivity contribution >= 4 is 28.6 Å². The number of imidazole rings is 1. The monoisotopic (exact) mass is 452 g/mol. The van der Waals surface area contributed by atoms with Gasteiger partial charge in [-0.1, -0.05) is 61.5 Å². The van der Waals surface area contributed by atoms with Crippen LogP contribution in [0.1, 0.15) is 36.5 Å². The molecular formula is C29H32N4O. The van der Waals surface area contributed by atoms with E-state index in [2.05, 4.69) is 77.2 Å². The molecule has 5 heteroatoms. The van der Waals surface area contributed by atoms with Crippen molar-refractivity contribution in [2.24, 2.45) is 5.92 Å². The maximum absolute atomic E-state index is 13.0. The van der Waals surface area contributed by atoms with Gasteiger partial charge in [0.1, 0.15) is 0 Å². The van der Waals surface area contributed by atoms with E-state index < -0.39 is 0 Å². The van der Waals surface area contributed by atoms with Crippen LogP contribution < -0.4 is 10.2 Å². The Morgan fingerprint density at radius 2 is 1.62 bits per heavy atom. The minimum atomic E-state index is 0.0235. The molecule has 5 nitrogen and oxygen atoms in total. The zero-order valence-corrected chi connectivity index (χ0v) is 20.0. The van der Waals surface area contributed by atoms with Crippen molar-refractivity contribution in [1.29, 1.82) is 0 Å². The summed E-state index contributed by atoms with van der Waals surface area (Å²) in [7, 11) is 0. The number of nitrogens with one attached hydrogen (secondary N) is 1. The SMILES string of the molecule is CCc1ccccc1NC(=O)C1CCN(c2nc3ccccc3n2Cc2ccccc2C)CC1. The van der Waals surface area contributed by atoms with Gasteiger partial charge < -0.3 is 14.8 Å². The highest BCUT2D eigenvalue weighted by Crippen LogP contribution is 2.29. The first-order valence-electron chi connectivity index (χ1n) is 12.3. The average Bonchev–Trinajstić information content (AvgIpc) is 3.24. The number of nitrogens with zero attached hydrogens (tertiary/aromatic N) is 3. The molecule has 1 N–H and O–H groups in total. The molecular weight excluding hydrogens is 420 g/mol. The molecule has 4 aromatic rings. The Balaban J connectivity index is 1.34.